The first-order valence-electron chi connectivity index (χ1n) is 8.56. The van der Waals surface area contributed by atoms with Gasteiger partial charge in [-0.05, 0) is 49.6 Å². The number of aryl methyl sites for hydroxylation is 1. The molecule has 2 amide bonds. The Kier molecular flexibility index (Phi) is 5.03. The van der Waals surface area contributed by atoms with Crippen LogP contribution in [0.3, 0.4) is 0 Å². The van der Waals surface area contributed by atoms with Gasteiger partial charge < -0.3 is 16.0 Å². The first-order valence-corrected chi connectivity index (χ1v) is 8.56. The monoisotopic (exact) mass is 337 g/mol. The number of hydrogen-bond acceptors (Lipinski definition) is 3. The molecule has 1 saturated heterocycles. The second-order valence-electron chi connectivity index (χ2n) is 6.48. The van der Waals surface area contributed by atoms with Gasteiger partial charge in [0.25, 0.3) is 11.8 Å². The van der Waals surface area contributed by atoms with E-state index in [1.165, 1.54) is 0 Å². The predicted molar refractivity (Wildman–Crippen MR) is 98.4 cm³/mol. The first-order chi connectivity index (χ1) is 12.0. The number of nitrogens with one attached hydrogen (secondary N) is 1. The molecule has 1 aliphatic rings. The maximum absolute atomic E-state index is 12.7. The van der Waals surface area contributed by atoms with Gasteiger partial charge in [0, 0.05) is 35.9 Å². The van der Waals surface area contributed by atoms with Gasteiger partial charge in [0.15, 0.2) is 0 Å². The lowest BCUT2D eigenvalue weighted by atomic mass is 10.0. The zero-order chi connectivity index (χ0) is 17.8. The smallest absolute Gasteiger partial charge is 0.254 e. The second kappa shape index (κ2) is 7.38. The molecule has 1 aliphatic heterocycles. The number of nitrogens with two attached hydrogens (primary N) is 1. The number of benzene rings is 2. The molecule has 130 valence electrons. The largest absolute Gasteiger partial charge is 0.399 e. The van der Waals surface area contributed by atoms with Gasteiger partial charge in [0.05, 0.1) is 0 Å². The van der Waals surface area contributed by atoms with Crippen LogP contribution in [-0.2, 0) is 0 Å². The van der Waals surface area contributed by atoms with Crippen LogP contribution in [0.5, 0.6) is 0 Å². The topological polar surface area (TPSA) is 75.4 Å². The second-order valence-corrected chi connectivity index (χ2v) is 6.48. The third kappa shape index (κ3) is 3.99. The van der Waals surface area contributed by atoms with Crippen LogP contribution in [0.25, 0.3) is 0 Å². The van der Waals surface area contributed by atoms with Crippen LogP contribution in [0.2, 0.25) is 0 Å². The Bertz CT molecular complexity index is 766. The minimum atomic E-state index is -0.0583. The molecule has 2 aromatic rings. The van der Waals surface area contributed by atoms with Crippen molar-refractivity contribution in [3.63, 3.8) is 0 Å². The number of nitrogen functional groups attached to an aromatic ring is 1. The van der Waals surface area contributed by atoms with E-state index >= 15 is 0 Å². The summed E-state index contributed by atoms with van der Waals surface area (Å²) in [5, 5.41) is 3.06. The van der Waals surface area contributed by atoms with Crippen LogP contribution < -0.4 is 11.1 Å². The van der Waals surface area contributed by atoms with E-state index in [0.29, 0.717) is 29.9 Å². The van der Waals surface area contributed by atoms with Gasteiger partial charge >= 0.3 is 0 Å². The van der Waals surface area contributed by atoms with Gasteiger partial charge in [0.2, 0.25) is 0 Å². The average molecular weight is 337 g/mol. The Balaban J connectivity index is 1.57. The van der Waals surface area contributed by atoms with Gasteiger partial charge in [-0.3, -0.25) is 9.59 Å². The molecular weight excluding hydrogens is 314 g/mol. The quantitative estimate of drug-likeness (QED) is 0.846. The summed E-state index contributed by atoms with van der Waals surface area (Å²) in [5.74, 6) is -0.0466. The Morgan fingerprint density at radius 1 is 1.08 bits per heavy atom. The van der Waals surface area contributed by atoms with E-state index in [1.54, 1.807) is 24.3 Å². The number of likely N-dealkylation sites (tertiary alicyclic amines) is 1. The van der Waals surface area contributed by atoms with Gasteiger partial charge in [-0.25, -0.2) is 0 Å². The van der Waals surface area contributed by atoms with E-state index in [4.69, 9.17) is 5.73 Å². The molecule has 0 aliphatic carbocycles. The Morgan fingerprint density at radius 2 is 1.76 bits per heavy atom. The van der Waals surface area contributed by atoms with E-state index < -0.39 is 0 Å². The van der Waals surface area contributed by atoms with Crippen molar-refractivity contribution in [1.29, 1.82) is 0 Å². The predicted octanol–water partition coefficient (Wildman–Crippen LogP) is 2.61. The fourth-order valence-corrected chi connectivity index (χ4v) is 3.13. The van der Waals surface area contributed by atoms with Crippen molar-refractivity contribution in [3.8, 4) is 0 Å². The van der Waals surface area contributed by atoms with Crippen molar-refractivity contribution in [3.05, 3.63) is 65.2 Å². The molecule has 25 heavy (non-hydrogen) atoms. The van der Waals surface area contributed by atoms with E-state index in [-0.39, 0.29) is 17.9 Å². The van der Waals surface area contributed by atoms with Crippen LogP contribution in [-0.4, -0.2) is 35.8 Å². The number of carbonyl (C=O) groups is 2. The highest BCUT2D eigenvalue weighted by Crippen LogP contribution is 2.19. The van der Waals surface area contributed by atoms with Crippen molar-refractivity contribution in [1.82, 2.24) is 10.2 Å². The summed E-state index contributed by atoms with van der Waals surface area (Å²) < 4.78 is 0. The zero-order valence-electron chi connectivity index (χ0n) is 14.4. The highest BCUT2D eigenvalue weighted by Gasteiger charge is 2.25. The number of hydrogen-bond donors (Lipinski definition) is 2. The van der Waals surface area contributed by atoms with E-state index in [0.717, 1.165) is 18.4 Å². The maximum Gasteiger partial charge on any atom is 0.254 e. The maximum atomic E-state index is 12.7. The number of piperidine rings is 1. The number of amides is 2. The normalized spacial score (nSPS) is 15.0. The van der Waals surface area contributed by atoms with Crippen molar-refractivity contribution in [2.45, 2.75) is 25.8 Å². The van der Waals surface area contributed by atoms with Crippen molar-refractivity contribution < 1.29 is 9.59 Å². The summed E-state index contributed by atoms with van der Waals surface area (Å²) in [6, 6.07) is 14.7. The molecule has 1 heterocycles. The molecule has 0 spiro atoms. The zero-order valence-corrected chi connectivity index (χ0v) is 14.4. The van der Waals surface area contributed by atoms with E-state index in [1.807, 2.05) is 36.1 Å². The van der Waals surface area contributed by atoms with Gasteiger partial charge in [0.1, 0.15) is 0 Å². The molecule has 0 bridgehead atoms. The molecule has 0 unspecified atom stereocenters. The lowest BCUT2D eigenvalue weighted by Gasteiger charge is -2.32. The molecule has 0 radical (unpaired) electrons. The van der Waals surface area contributed by atoms with Crippen molar-refractivity contribution in [2.24, 2.45) is 0 Å². The third-order valence-corrected chi connectivity index (χ3v) is 4.65. The number of carbonyl (C=O) groups excluding carboxylic acids is 2. The standard InChI is InChI=1S/C20H23N3O2/c1-14-7-8-16(21)13-18(14)20(25)23-11-9-17(10-12-23)22-19(24)15-5-3-2-4-6-15/h2-8,13,17H,9-12,21H2,1H3,(H,22,24). The number of nitrogens with zero attached hydrogens (tertiary/aromatic N) is 1. The highest BCUT2D eigenvalue weighted by atomic mass is 16.2. The molecular formula is C20H23N3O2. The Morgan fingerprint density at radius 3 is 2.44 bits per heavy atom. The van der Waals surface area contributed by atoms with Crippen LogP contribution in [0, 0.1) is 6.92 Å². The third-order valence-electron chi connectivity index (χ3n) is 4.65. The number of anilines is 1. The lowest BCUT2D eigenvalue weighted by Crippen LogP contribution is -2.46. The van der Waals surface area contributed by atoms with Crippen LogP contribution in [0.4, 0.5) is 5.69 Å². The fourth-order valence-electron chi connectivity index (χ4n) is 3.13. The average Bonchev–Trinajstić information content (AvgIpc) is 2.64. The summed E-state index contributed by atoms with van der Waals surface area (Å²) in [6.45, 7) is 3.18. The van der Waals surface area contributed by atoms with Crippen LogP contribution in [0.15, 0.2) is 48.5 Å². The summed E-state index contributed by atoms with van der Waals surface area (Å²) in [5.41, 5.74) is 8.66. The van der Waals surface area contributed by atoms with Crippen molar-refractivity contribution >= 4 is 17.5 Å². The van der Waals surface area contributed by atoms with E-state index in [9.17, 15) is 9.59 Å². The first kappa shape index (κ1) is 17.0. The summed E-state index contributed by atoms with van der Waals surface area (Å²) in [4.78, 5) is 26.8. The minimum absolute atomic E-state index is 0.0117. The van der Waals surface area contributed by atoms with Crippen LogP contribution >= 0.6 is 0 Å². The molecule has 3 N–H and O–H groups in total. The highest BCUT2D eigenvalue weighted by molar-refractivity contribution is 5.96. The van der Waals surface area contributed by atoms with Crippen molar-refractivity contribution in [2.75, 3.05) is 18.8 Å². The molecule has 1 fully saturated rings. The Hall–Kier alpha value is -2.82. The van der Waals surface area contributed by atoms with Gasteiger partial charge in [-0.2, -0.15) is 0 Å². The molecule has 2 aromatic carbocycles. The fraction of sp³-hybridized carbons (Fsp3) is 0.300. The SMILES string of the molecule is Cc1ccc(N)cc1C(=O)N1CCC(NC(=O)c2ccccc2)CC1. The summed E-state index contributed by atoms with van der Waals surface area (Å²) in [7, 11) is 0. The Labute approximate surface area is 147 Å². The molecule has 0 saturated carbocycles. The molecule has 3 rings (SSSR count). The molecule has 5 heteroatoms. The van der Waals surface area contributed by atoms with Gasteiger partial charge in [-0.1, -0.05) is 24.3 Å². The summed E-state index contributed by atoms with van der Waals surface area (Å²) in [6.07, 6.45) is 1.51. The number of rotatable bonds is 3. The summed E-state index contributed by atoms with van der Waals surface area (Å²) >= 11 is 0. The molecule has 5 nitrogen and oxygen atoms in total. The van der Waals surface area contributed by atoms with E-state index in [2.05, 4.69) is 5.32 Å². The van der Waals surface area contributed by atoms with Crippen LogP contribution in [0.1, 0.15) is 39.1 Å². The lowest BCUT2D eigenvalue weighted by molar-refractivity contribution is 0.0697. The van der Waals surface area contributed by atoms with Gasteiger partial charge in [-0.15, -0.1) is 0 Å². The molecule has 0 aromatic heterocycles. The molecule has 0 atom stereocenters. The minimum Gasteiger partial charge on any atom is -0.399 e.